The molecule has 5 heteroatoms. The van der Waals surface area contributed by atoms with Crippen LogP contribution in [0, 0.1) is 0 Å². The van der Waals surface area contributed by atoms with Gasteiger partial charge in [-0.25, -0.2) is 9.59 Å². The number of esters is 1. The van der Waals surface area contributed by atoms with E-state index in [9.17, 15) is 9.59 Å². The van der Waals surface area contributed by atoms with Crippen molar-refractivity contribution in [1.29, 1.82) is 0 Å². The summed E-state index contributed by atoms with van der Waals surface area (Å²) in [5.74, 6) is -1.80. The maximum atomic E-state index is 12.1. The molecule has 0 amide bonds. The van der Waals surface area contributed by atoms with Gasteiger partial charge in [0.2, 0.25) is 0 Å². The quantitative estimate of drug-likeness (QED) is 0.854. The van der Waals surface area contributed by atoms with E-state index in [1.807, 2.05) is 18.2 Å². The molecule has 2 aromatic rings. The average Bonchev–Trinajstić information content (AvgIpc) is 2.48. The van der Waals surface area contributed by atoms with E-state index in [4.69, 9.17) is 9.84 Å². The number of benzene rings is 1. The van der Waals surface area contributed by atoms with E-state index < -0.39 is 18.0 Å². The summed E-state index contributed by atoms with van der Waals surface area (Å²) in [5, 5.41) is 9.07. The van der Waals surface area contributed by atoms with Gasteiger partial charge in [-0.3, -0.25) is 4.98 Å². The molecule has 21 heavy (non-hydrogen) atoms. The number of ether oxygens (including phenoxy) is 1. The fourth-order valence-corrected chi connectivity index (χ4v) is 1.95. The summed E-state index contributed by atoms with van der Waals surface area (Å²) in [6, 6.07) is 11.5. The molecule has 5 nitrogen and oxygen atoms in total. The van der Waals surface area contributed by atoms with Crippen LogP contribution in [0.4, 0.5) is 0 Å². The Hall–Kier alpha value is -2.69. The Kier molecular flexibility index (Phi) is 4.66. The van der Waals surface area contributed by atoms with E-state index in [0.29, 0.717) is 6.42 Å². The first-order chi connectivity index (χ1) is 10.1. The number of nitrogens with zero attached hydrogens (tertiary/aromatic N) is 1. The summed E-state index contributed by atoms with van der Waals surface area (Å²) < 4.78 is 5.29. The second-order valence-electron chi connectivity index (χ2n) is 4.59. The van der Waals surface area contributed by atoms with Crippen molar-refractivity contribution in [3.63, 3.8) is 0 Å². The first-order valence-corrected chi connectivity index (χ1v) is 6.51. The Balaban J connectivity index is 2.06. The third-order valence-electron chi connectivity index (χ3n) is 2.91. The molecular weight excluding hydrogens is 270 g/mol. The van der Waals surface area contributed by atoms with E-state index >= 15 is 0 Å². The Morgan fingerprint density at radius 1 is 1.14 bits per heavy atom. The second kappa shape index (κ2) is 6.65. The molecule has 0 aliphatic heterocycles. The number of aromatic carboxylic acids is 1. The molecule has 108 valence electrons. The van der Waals surface area contributed by atoms with Crippen molar-refractivity contribution in [3.8, 4) is 0 Å². The number of carbonyl (C=O) groups is 2. The van der Waals surface area contributed by atoms with Gasteiger partial charge in [-0.05, 0) is 31.2 Å². The van der Waals surface area contributed by atoms with Crippen LogP contribution >= 0.6 is 0 Å². The van der Waals surface area contributed by atoms with Crippen LogP contribution in [0.1, 0.15) is 33.3 Å². The number of pyridine rings is 1. The fraction of sp³-hybridized carbons (Fsp3) is 0.188. The SMILES string of the molecule is C[C@H](Cc1ccccn1)OC(=O)c1ccccc1C(=O)O. The van der Waals surface area contributed by atoms with E-state index in [2.05, 4.69) is 4.98 Å². The first kappa shape index (κ1) is 14.7. The summed E-state index contributed by atoms with van der Waals surface area (Å²) in [6.07, 6.45) is 1.75. The molecule has 0 radical (unpaired) electrons. The maximum Gasteiger partial charge on any atom is 0.339 e. The highest BCUT2D eigenvalue weighted by Gasteiger charge is 2.19. The highest BCUT2D eigenvalue weighted by molar-refractivity contribution is 6.02. The monoisotopic (exact) mass is 285 g/mol. The second-order valence-corrected chi connectivity index (χ2v) is 4.59. The van der Waals surface area contributed by atoms with Gasteiger partial charge in [-0.2, -0.15) is 0 Å². The predicted octanol–water partition coefficient (Wildman–Crippen LogP) is 2.57. The normalized spacial score (nSPS) is 11.7. The van der Waals surface area contributed by atoms with E-state index in [1.165, 1.54) is 12.1 Å². The van der Waals surface area contributed by atoms with Crippen LogP contribution in [-0.4, -0.2) is 28.1 Å². The zero-order chi connectivity index (χ0) is 15.2. The van der Waals surface area contributed by atoms with Gasteiger partial charge in [0, 0.05) is 18.3 Å². The van der Waals surface area contributed by atoms with Gasteiger partial charge in [-0.15, -0.1) is 0 Å². The molecule has 0 saturated heterocycles. The van der Waals surface area contributed by atoms with Crippen LogP contribution in [0.15, 0.2) is 48.7 Å². The number of carboxylic acids is 1. The van der Waals surface area contributed by atoms with E-state index in [1.54, 1.807) is 25.3 Å². The lowest BCUT2D eigenvalue weighted by Crippen LogP contribution is -2.19. The van der Waals surface area contributed by atoms with Crippen LogP contribution in [0.5, 0.6) is 0 Å². The van der Waals surface area contributed by atoms with Crippen molar-refractivity contribution in [2.24, 2.45) is 0 Å². The molecule has 0 fully saturated rings. The van der Waals surface area contributed by atoms with E-state index in [0.717, 1.165) is 5.69 Å². The summed E-state index contributed by atoms with van der Waals surface area (Å²) in [4.78, 5) is 27.3. The third kappa shape index (κ3) is 3.89. The van der Waals surface area contributed by atoms with Crippen molar-refractivity contribution in [2.45, 2.75) is 19.4 Å². The summed E-state index contributed by atoms with van der Waals surface area (Å²) in [5.41, 5.74) is 0.801. The van der Waals surface area contributed by atoms with Crippen LogP contribution in [0.2, 0.25) is 0 Å². The van der Waals surface area contributed by atoms with Gasteiger partial charge in [-0.1, -0.05) is 18.2 Å². The molecule has 2 rings (SSSR count). The summed E-state index contributed by atoms with van der Waals surface area (Å²) in [6.45, 7) is 1.75. The van der Waals surface area contributed by atoms with Crippen LogP contribution in [-0.2, 0) is 11.2 Å². The molecule has 0 unspecified atom stereocenters. The molecule has 0 spiro atoms. The van der Waals surface area contributed by atoms with Crippen LogP contribution in [0.3, 0.4) is 0 Å². The minimum atomic E-state index is -1.15. The zero-order valence-corrected chi connectivity index (χ0v) is 11.5. The van der Waals surface area contributed by atoms with Gasteiger partial charge in [0.05, 0.1) is 11.1 Å². The van der Waals surface area contributed by atoms with Gasteiger partial charge in [0.15, 0.2) is 0 Å². The highest BCUT2D eigenvalue weighted by Crippen LogP contribution is 2.12. The minimum Gasteiger partial charge on any atom is -0.478 e. The summed E-state index contributed by atoms with van der Waals surface area (Å²) >= 11 is 0. The van der Waals surface area contributed by atoms with Gasteiger partial charge < -0.3 is 9.84 Å². The first-order valence-electron chi connectivity index (χ1n) is 6.51. The van der Waals surface area contributed by atoms with Gasteiger partial charge in [0.25, 0.3) is 0 Å². The number of carboxylic acid groups (broad SMARTS) is 1. The molecule has 1 N–H and O–H groups in total. The third-order valence-corrected chi connectivity index (χ3v) is 2.91. The van der Waals surface area contributed by atoms with Crippen LogP contribution in [0.25, 0.3) is 0 Å². The maximum absolute atomic E-state index is 12.1. The minimum absolute atomic E-state index is 0.0536. The standard InChI is InChI=1S/C16H15NO4/c1-11(10-12-6-4-5-9-17-12)21-16(20)14-8-3-2-7-13(14)15(18)19/h2-9,11H,10H2,1H3,(H,18,19)/t11-/m1/s1. The Labute approximate surface area is 122 Å². The molecule has 0 bridgehead atoms. The Bertz CT molecular complexity index is 640. The van der Waals surface area contributed by atoms with Crippen molar-refractivity contribution in [2.75, 3.05) is 0 Å². The lowest BCUT2D eigenvalue weighted by atomic mass is 10.1. The lowest BCUT2D eigenvalue weighted by Gasteiger charge is -2.13. The molecule has 1 heterocycles. The number of carbonyl (C=O) groups excluding carboxylic acids is 1. The van der Waals surface area contributed by atoms with E-state index in [-0.39, 0.29) is 11.1 Å². The van der Waals surface area contributed by atoms with Gasteiger partial charge >= 0.3 is 11.9 Å². The zero-order valence-electron chi connectivity index (χ0n) is 11.5. The average molecular weight is 285 g/mol. The van der Waals surface area contributed by atoms with Crippen molar-refractivity contribution in [3.05, 3.63) is 65.5 Å². The van der Waals surface area contributed by atoms with Crippen molar-refractivity contribution in [1.82, 2.24) is 4.98 Å². The molecule has 1 aromatic carbocycles. The smallest absolute Gasteiger partial charge is 0.339 e. The fourth-order valence-electron chi connectivity index (χ4n) is 1.95. The topological polar surface area (TPSA) is 76.5 Å². The Morgan fingerprint density at radius 2 is 1.81 bits per heavy atom. The molecule has 1 atom stereocenters. The largest absolute Gasteiger partial charge is 0.478 e. The van der Waals surface area contributed by atoms with Crippen molar-refractivity contribution >= 4 is 11.9 Å². The van der Waals surface area contributed by atoms with Crippen LogP contribution < -0.4 is 0 Å². The molecular formula is C16H15NO4. The number of hydrogen-bond donors (Lipinski definition) is 1. The molecule has 0 saturated carbocycles. The molecule has 0 aliphatic rings. The molecule has 1 aromatic heterocycles. The summed E-state index contributed by atoms with van der Waals surface area (Å²) in [7, 11) is 0. The lowest BCUT2D eigenvalue weighted by molar-refractivity contribution is 0.0335. The van der Waals surface area contributed by atoms with Crippen molar-refractivity contribution < 1.29 is 19.4 Å². The number of aromatic nitrogens is 1. The number of hydrogen-bond acceptors (Lipinski definition) is 4. The molecule has 0 aliphatic carbocycles. The highest BCUT2D eigenvalue weighted by atomic mass is 16.5. The van der Waals surface area contributed by atoms with Gasteiger partial charge in [0.1, 0.15) is 6.10 Å². The predicted molar refractivity (Wildman–Crippen MR) is 76.2 cm³/mol. The Morgan fingerprint density at radius 3 is 2.43 bits per heavy atom. The number of rotatable bonds is 5.